The molecule has 2 aliphatic carbocycles. The largest absolute Gasteiger partial charge is 0.440 e. The molecule has 2 aliphatic rings. The fraction of sp³-hybridized carbons (Fsp3) is 0.222. The third-order valence-corrected chi connectivity index (χ3v) is 9.02. The Bertz CT molecular complexity index is 1730. The smallest absolute Gasteiger partial charge is 0.245 e. The Morgan fingerprint density at radius 3 is 1.39 bits per heavy atom. The van der Waals surface area contributed by atoms with Crippen LogP contribution in [-0.4, -0.2) is 19.9 Å². The van der Waals surface area contributed by atoms with Gasteiger partial charge < -0.3 is 8.83 Å². The monoisotopic (exact) mass is 620 g/mol. The molecule has 0 radical (unpaired) electrons. The first-order valence-electron chi connectivity index (χ1n) is 14.9. The zero-order chi connectivity index (χ0) is 29.9. The van der Waals surface area contributed by atoms with Crippen molar-refractivity contribution in [2.75, 3.05) is 0 Å². The summed E-state index contributed by atoms with van der Waals surface area (Å²) in [6, 6.07) is 27.6. The van der Waals surface area contributed by atoms with Crippen LogP contribution in [0, 0.1) is 0 Å². The van der Waals surface area contributed by atoms with E-state index in [9.17, 15) is 0 Å². The van der Waals surface area contributed by atoms with E-state index >= 15 is 0 Å². The molecule has 0 saturated heterocycles. The van der Waals surface area contributed by atoms with Gasteiger partial charge in [-0.3, -0.25) is 9.97 Å². The predicted octanol–water partition coefficient (Wildman–Crippen LogP) is 9.32. The maximum absolute atomic E-state index is 6.33. The van der Waals surface area contributed by atoms with Crippen molar-refractivity contribution in [2.24, 2.45) is 0 Å². The molecule has 44 heavy (non-hydrogen) atoms. The van der Waals surface area contributed by atoms with Crippen LogP contribution in [0.1, 0.15) is 58.7 Å². The molecule has 4 heterocycles. The molecule has 0 fully saturated rings. The minimum absolute atomic E-state index is 0.405. The minimum atomic E-state index is 0.405. The number of aromatic nitrogens is 4. The molecule has 0 spiro atoms. The topological polar surface area (TPSA) is 77.8 Å². The van der Waals surface area contributed by atoms with Gasteiger partial charge in [0.1, 0.15) is 22.9 Å². The molecular formula is C36H30Cl2N4O2. The number of hydrogen-bond acceptors (Lipinski definition) is 6. The first-order valence-corrected chi connectivity index (χ1v) is 15.7. The highest BCUT2D eigenvalue weighted by molar-refractivity contribution is 6.31. The van der Waals surface area contributed by atoms with Gasteiger partial charge in [-0.2, -0.15) is 0 Å². The van der Waals surface area contributed by atoms with E-state index < -0.39 is 0 Å². The summed E-state index contributed by atoms with van der Waals surface area (Å²) in [6.45, 7) is 0. The third-order valence-electron chi connectivity index (χ3n) is 8.33. The van der Waals surface area contributed by atoms with Gasteiger partial charge >= 0.3 is 0 Å². The lowest BCUT2D eigenvalue weighted by molar-refractivity contribution is 0.464. The second kappa shape index (κ2) is 12.8. The van der Waals surface area contributed by atoms with Crippen molar-refractivity contribution in [3.05, 3.63) is 141 Å². The Morgan fingerprint density at radius 1 is 0.545 bits per heavy atom. The van der Waals surface area contributed by atoms with Crippen molar-refractivity contribution in [3.8, 4) is 23.2 Å². The molecule has 0 saturated carbocycles. The molecule has 0 unspecified atom stereocenters. The summed E-state index contributed by atoms with van der Waals surface area (Å²) < 4.78 is 11.8. The average molecular weight is 622 g/mol. The van der Waals surface area contributed by atoms with E-state index in [0.29, 0.717) is 23.6 Å². The van der Waals surface area contributed by atoms with Crippen LogP contribution in [0.3, 0.4) is 0 Å². The van der Waals surface area contributed by atoms with Crippen LogP contribution in [-0.2, 0) is 25.7 Å². The molecule has 8 heteroatoms. The van der Waals surface area contributed by atoms with Crippen molar-refractivity contribution in [1.82, 2.24) is 19.9 Å². The van der Waals surface area contributed by atoms with E-state index in [1.54, 1.807) is 12.4 Å². The summed E-state index contributed by atoms with van der Waals surface area (Å²) in [5, 5.41) is 1.67. The summed E-state index contributed by atoms with van der Waals surface area (Å²) in [7, 11) is 0. The van der Waals surface area contributed by atoms with Crippen molar-refractivity contribution in [1.29, 1.82) is 0 Å². The number of hydrogen-bond donors (Lipinski definition) is 0. The van der Waals surface area contributed by atoms with E-state index in [0.717, 1.165) is 82.9 Å². The molecule has 2 atom stereocenters. The van der Waals surface area contributed by atoms with Crippen molar-refractivity contribution in [3.63, 3.8) is 0 Å². The standard InChI is InChI=1S/2C18H15ClN2O/c2*19-14-6-2-1-5-13(14)12-8-9-17-16(11-12)21-18(22-17)15-7-3-4-10-20-15/h2*1-7,10,12H,8-9,11H2/t2*12-/m10/s1. The molecule has 6 aromatic rings. The molecule has 8 rings (SSSR count). The van der Waals surface area contributed by atoms with Gasteiger partial charge in [0.15, 0.2) is 0 Å². The van der Waals surface area contributed by atoms with Gasteiger partial charge in [0.05, 0.1) is 11.4 Å². The Labute approximate surface area is 266 Å². The average Bonchev–Trinajstić information content (AvgIpc) is 3.70. The minimum Gasteiger partial charge on any atom is -0.440 e. The number of aryl methyl sites for hydroxylation is 2. The summed E-state index contributed by atoms with van der Waals surface area (Å²) in [5.74, 6) is 4.02. The maximum atomic E-state index is 6.33. The summed E-state index contributed by atoms with van der Waals surface area (Å²) in [5.41, 5.74) is 6.06. The first kappa shape index (κ1) is 28.5. The fourth-order valence-electron chi connectivity index (χ4n) is 6.10. The highest BCUT2D eigenvalue weighted by Gasteiger charge is 2.28. The molecule has 2 aromatic carbocycles. The Balaban J connectivity index is 0.000000142. The number of benzene rings is 2. The van der Waals surface area contributed by atoms with Gasteiger partial charge in [0.25, 0.3) is 0 Å². The van der Waals surface area contributed by atoms with E-state index in [2.05, 4.69) is 32.1 Å². The molecular weight excluding hydrogens is 591 g/mol. The second-order valence-electron chi connectivity index (χ2n) is 11.1. The molecule has 6 nitrogen and oxygen atoms in total. The van der Waals surface area contributed by atoms with Crippen LogP contribution in [0.5, 0.6) is 0 Å². The summed E-state index contributed by atoms with van der Waals surface area (Å²) in [4.78, 5) is 17.9. The lowest BCUT2D eigenvalue weighted by atomic mass is 9.85. The molecule has 220 valence electrons. The van der Waals surface area contributed by atoms with Crippen molar-refractivity contribution < 1.29 is 8.83 Å². The Morgan fingerprint density at radius 2 is 0.977 bits per heavy atom. The Hall–Kier alpha value is -4.26. The number of pyridine rings is 2. The van der Waals surface area contributed by atoms with Gasteiger partial charge in [-0.25, -0.2) is 9.97 Å². The van der Waals surface area contributed by atoms with Crippen LogP contribution in [0.4, 0.5) is 0 Å². The lowest BCUT2D eigenvalue weighted by Gasteiger charge is -2.21. The molecule has 4 aromatic heterocycles. The highest BCUT2D eigenvalue weighted by atomic mass is 35.5. The normalized spacial score (nSPS) is 17.2. The van der Waals surface area contributed by atoms with Crippen LogP contribution in [0.25, 0.3) is 23.2 Å². The van der Waals surface area contributed by atoms with E-state index in [4.69, 9.17) is 32.0 Å². The summed E-state index contributed by atoms with van der Waals surface area (Å²) >= 11 is 12.7. The van der Waals surface area contributed by atoms with Crippen molar-refractivity contribution >= 4 is 23.2 Å². The number of fused-ring (bicyclic) bond motifs is 2. The lowest BCUT2D eigenvalue weighted by Crippen LogP contribution is -2.12. The zero-order valence-corrected chi connectivity index (χ0v) is 25.5. The number of halogens is 2. The molecule has 0 aliphatic heterocycles. The molecule has 0 N–H and O–H groups in total. The fourth-order valence-corrected chi connectivity index (χ4v) is 6.68. The quantitative estimate of drug-likeness (QED) is 0.195. The number of oxazole rings is 2. The Kier molecular flexibility index (Phi) is 8.27. The number of nitrogens with zero attached hydrogens (tertiary/aromatic N) is 4. The SMILES string of the molecule is Clc1ccccc1[C@@H]1CCc2oc(-c3ccccn3)nc2C1.Clc1ccccc1[C@H]1CCc2oc(-c3ccccn3)nc2C1. The van der Waals surface area contributed by atoms with Gasteiger partial charge in [-0.15, -0.1) is 0 Å². The van der Waals surface area contributed by atoms with Crippen LogP contribution in [0.15, 0.2) is 106 Å². The van der Waals surface area contributed by atoms with Crippen molar-refractivity contribution in [2.45, 2.75) is 50.4 Å². The first-order chi connectivity index (χ1) is 21.6. The van der Waals surface area contributed by atoms with Crippen LogP contribution < -0.4 is 0 Å². The third kappa shape index (κ3) is 6.05. The van der Waals surface area contributed by atoms with Gasteiger partial charge in [-0.1, -0.05) is 71.7 Å². The van der Waals surface area contributed by atoms with Gasteiger partial charge in [0, 0.05) is 48.1 Å². The van der Waals surface area contributed by atoms with E-state index in [1.165, 1.54) is 11.1 Å². The van der Waals surface area contributed by atoms with Gasteiger partial charge in [-0.05, 0) is 72.2 Å². The van der Waals surface area contributed by atoms with E-state index in [-0.39, 0.29) is 0 Å². The van der Waals surface area contributed by atoms with Crippen LogP contribution >= 0.6 is 23.2 Å². The van der Waals surface area contributed by atoms with Crippen LogP contribution in [0.2, 0.25) is 10.0 Å². The maximum Gasteiger partial charge on any atom is 0.245 e. The predicted molar refractivity (Wildman–Crippen MR) is 172 cm³/mol. The summed E-state index contributed by atoms with van der Waals surface area (Å²) in [6.07, 6.45) is 9.11. The van der Waals surface area contributed by atoms with Gasteiger partial charge in [0.2, 0.25) is 11.8 Å². The molecule has 0 amide bonds. The molecule has 0 bridgehead atoms. The number of rotatable bonds is 4. The second-order valence-corrected chi connectivity index (χ2v) is 11.9. The zero-order valence-electron chi connectivity index (χ0n) is 24.0. The van der Waals surface area contributed by atoms with E-state index in [1.807, 2.05) is 72.8 Å². The highest BCUT2D eigenvalue weighted by Crippen LogP contribution is 2.38.